The molecule has 0 aliphatic heterocycles. The molecule has 0 saturated heterocycles. The van der Waals surface area contributed by atoms with Crippen molar-refractivity contribution >= 4 is 23.5 Å². The Labute approximate surface area is 171 Å². The molecular weight excluding hydrogens is 378 g/mol. The van der Waals surface area contributed by atoms with Crippen molar-refractivity contribution in [3.8, 4) is 5.75 Å². The van der Waals surface area contributed by atoms with Crippen LogP contribution in [0.3, 0.4) is 0 Å². The topological polar surface area (TPSA) is 70.9 Å². The molecule has 0 aliphatic carbocycles. The van der Waals surface area contributed by atoms with Gasteiger partial charge in [-0.2, -0.15) is 0 Å². The first-order valence-corrected chi connectivity index (χ1v) is 9.54. The van der Waals surface area contributed by atoms with Gasteiger partial charge in [0.25, 0.3) is 5.91 Å². The van der Waals surface area contributed by atoms with Crippen LogP contribution in [0.4, 0.5) is 0 Å². The Bertz CT molecular complexity index is 819. The van der Waals surface area contributed by atoms with E-state index < -0.39 is 0 Å². The van der Waals surface area contributed by atoms with Crippen LogP contribution in [0.25, 0.3) is 0 Å². The van der Waals surface area contributed by atoms with Gasteiger partial charge in [-0.15, -0.1) is 0 Å². The van der Waals surface area contributed by atoms with E-state index in [1.165, 1.54) is 0 Å². The minimum atomic E-state index is -0.147. The van der Waals surface area contributed by atoms with E-state index in [0.717, 1.165) is 18.2 Å². The number of hydrogen-bond donors (Lipinski definition) is 2. The molecule has 0 aliphatic rings. The molecule has 0 fully saturated rings. The van der Waals surface area contributed by atoms with E-state index in [1.807, 2.05) is 42.7 Å². The van der Waals surface area contributed by atoms with Crippen molar-refractivity contribution in [2.45, 2.75) is 13.5 Å². The van der Waals surface area contributed by atoms with Crippen LogP contribution < -0.4 is 15.4 Å². The minimum absolute atomic E-state index is 0.147. The number of nitrogens with one attached hydrogen (secondary N) is 2. The number of hydrogen-bond acceptors (Lipinski definition) is 3. The smallest absolute Gasteiger partial charge is 0.251 e. The largest absolute Gasteiger partial charge is 0.497 e. The molecule has 0 spiro atoms. The van der Waals surface area contributed by atoms with Crippen LogP contribution in [0, 0.1) is 0 Å². The molecule has 7 nitrogen and oxygen atoms in total. The van der Waals surface area contributed by atoms with E-state index in [0.29, 0.717) is 36.0 Å². The van der Waals surface area contributed by atoms with E-state index in [1.54, 1.807) is 31.4 Å². The van der Waals surface area contributed by atoms with E-state index in [-0.39, 0.29) is 5.91 Å². The predicted molar refractivity (Wildman–Crippen MR) is 113 cm³/mol. The number of aryl methyl sites for hydroxylation is 1. The number of halogens is 1. The second-order valence-corrected chi connectivity index (χ2v) is 6.78. The highest BCUT2D eigenvalue weighted by atomic mass is 35.5. The monoisotopic (exact) mass is 405 g/mol. The zero-order chi connectivity index (χ0) is 20.5. The Kier molecular flexibility index (Phi) is 8.19. The zero-order valence-electron chi connectivity index (χ0n) is 16.8. The van der Waals surface area contributed by atoms with Crippen molar-refractivity contribution < 1.29 is 9.53 Å². The number of carbonyl (C=O) groups excluding carboxylic acids is 1. The lowest BCUT2D eigenvalue weighted by Crippen LogP contribution is -2.39. The minimum Gasteiger partial charge on any atom is -0.497 e. The van der Waals surface area contributed by atoms with Crippen LogP contribution in [-0.4, -0.2) is 55.1 Å². The van der Waals surface area contributed by atoms with Gasteiger partial charge in [-0.25, -0.2) is 0 Å². The molecule has 0 saturated carbocycles. The predicted octanol–water partition coefficient (Wildman–Crippen LogP) is 2.51. The molecule has 2 rings (SSSR count). The first-order chi connectivity index (χ1) is 13.4. The number of rotatable bonds is 8. The summed E-state index contributed by atoms with van der Waals surface area (Å²) in [5.74, 6) is 1.28. The molecule has 2 aromatic rings. The highest BCUT2D eigenvalue weighted by Crippen LogP contribution is 2.14. The third-order valence-corrected chi connectivity index (χ3v) is 4.37. The molecule has 0 atom stereocenters. The lowest BCUT2D eigenvalue weighted by Gasteiger charge is -2.22. The van der Waals surface area contributed by atoms with Crippen LogP contribution in [0.2, 0.25) is 5.02 Å². The number of guanidine groups is 1. The summed E-state index contributed by atoms with van der Waals surface area (Å²) >= 11 is 6.06. The number of carbonyl (C=O) groups is 1. The molecule has 1 heterocycles. The Balaban J connectivity index is 1.90. The van der Waals surface area contributed by atoms with E-state index in [9.17, 15) is 4.79 Å². The maximum absolute atomic E-state index is 12.2. The van der Waals surface area contributed by atoms with E-state index >= 15 is 0 Å². The van der Waals surface area contributed by atoms with Crippen molar-refractivity contribution in [3.05, 3.63) is 52.8 Å². The van der Waals surface area contributed by atoms with Gasteiger partial charge in [-0.3, -0.25) is 9.79 Å². The fourth-order valence-electron chi connectivity index (χ4n) is 2.71. The van der Waals surface area contributed by atoms with Gasteiger partial charge >= 0.3 is 0 Å². The number of nitrogens with zero attached hydrogens (tertiary/aromatic N) is 3. The molecule has 152 valence electrons. The first-order valence-electron chi connectivity index (χ1n) is 9.17. The molecule has 2 N–H and O–H groups in total. The summed E-state index contributed by atoms with van der Waals surface area (Å²) in [6.07, 6.45) is 1.88. The molecule has 8 heteroatoms. The number of ether oxygens (including phenoxy) is 1. The summed E-state index contributed by atoms with van der Waals surface area (Å²) < 4.78 is 7.15. The van der Waals surface area contributed by atoms with Crippen LogP contribution in [0.15, 0.2) is 41.5 Å². The lowest BCUT2D eigenvalue weighted by molar-refractivity contribution is 0.0954. The molecule has 0 bridgehead atoms. The zero-order valence-corrected chi connectivity index (χ0v) is 17.6. The van der Waals surface area contributed by atoms with Gasteiger partial charge in [0.15, 0.2) is 5.96 Å². The third-order valence-electron chi connectivity index (χ3n) is 4.16. The summed E-state index contributed by atoms with van der Waals surface area (Å²) in [7, 11) is 5.51. The molecule has 28 heavy (non-hydrogen) atoms. The van der Waals surface area contributed by atoms with Gasteiger partial charge in [0.1, 0.15) is 5.75 Å². The van der Waals surface area contributed by atoms with E-state index in [2.05, 4.69) is 15.6 Å². The summed E-state index contributed by atoms with van der Waals surface area (Å²) in [4.78, 5) is 18.9. The number of aliphatic imine (C=N–C) groups is 1. The van der Waals surface area contributed by atoms with Gasteiger partial charge in [0, 0.05) is 44.6 Å². The van der Waals surface area contributed by atoms with Crippen molar-refractivity contribution in [1.29, 1.82) is 0 Å². The average Bonchev–Trinajstić information content (AvgIpc) is 3.00. The Morgan fingerprint density at radius 1 is 1.32 bits per heavy atom. The Morgan fingerprint density at radius 3 is 2.75 bits per heavy atom. The van der Waals surface area contributed by atoms with Gasteiger partial charge < -0.3 is 24.8 Å². The van der Waals surface area contributed by atoms with Crippen molar-refractivity contribution in [1.82, 2.24) is 20.1 Å². The van der Waals surface area contributed by atoms with Crippen molar-refractivity contribution in [2.24, 2.45) is 12.0 Å². The van der Waals surface area contributed by atoms with Gasteiger partial charge in [0.2, 0.25) is 0 Å². The second kappa shape index (κ2) is 10.6. The standard InChI is InChI=1S/C20H28ClN5O2/c1-5-22-20(26(3)14-17-12-16(21)13-25(17)2)24-10-9-23-19(27)15-7-6-8-18(11-15)28-4/h6-8,11-13H,5,9-10,14H2,1-4H3,(H,22,24)(H,23,27). The average molecular weight is 406 g/mol. The maximum atomic E-state index is 12.2. The highest BCUT2D eigenvalue weighted by Gasteiger charge is 2.10. The molecule has 0 unspecified atom stereocenters. The molecule has 1 aromatic carbocycles. The van der Waals surface area contributed by atoms with Crippen LogP contribution in [0.5, 0.6) is 5.75 Å². The third kappa shape index (κ3) is 6.20. The molecule has 1 amide bonds. The maximum Gasteiger partial charge on any atom is 0.251 e. The highest BCUT2D eigenvalue weighted by molar-refractivity contribution is 6.30. The normalized spacial score (nSPS) is 11.2. The van der Waals surface area contributed by atoms with Crippen molar-refractivity contribution in [2.75, 3.05) is 33.8 Å². The van der Waals surface area contributed by atoms with E-state index in [4.69, 9.17) is 16.3 Å². The summed E-state index contributed by atoms with van der Waals surface area (Å²) in [5.41, 5.74) is 1.65. The lowest BCUT2D eigenvalue weighted by atomic mass is 10.2. The molecule has 1 aromatic heterocycles. The summed E-state index contributed by atoms with van der Waals surface area (Å²) in [6.45, 7) is 4.36. The fourth-order valence-corrected chi connectivity index (χ4v) is 2.98. The van der Waals surface area contributed by atoms with Crippen molar-refractivity contribution in [3.63, 3.8) is 0 Å². The van der Waals surface area contributed by atoms with Gasteiger partial charge in [0.05, 0.1) is 25.2 Å². The van der Waals surface area contributed by atoms with Crippen LogP contribution in [-0.2, 0) is 13.6 Å². The van der Waals surface area contributed by atoms with Gasteiger partial charge in [-0.05, 0) is 31.2 Å². The van der Waals surface area contributed by atoms with Gasteiger partial charge in [-0.1, -0.05) is 17.7 Å². The molecular formula is C20H28ClN5O2. The second-order valence-electron chi connectivity index (χ2n) is 6.34. The number of benzene rings is 1. The quantitative estimate of drug-likeness (QED) is 0.402. The molecule has 0 radical (unpaired) electrons. The Hall–Kier alpha value is -2.67. The number of amides is 1. The Morgan fingerprint density at radius 2 is 2.11 bits per heavy atom. The first kappa shape index (κ1) is 21.6. The summed E-state index contributed by atoms with van der Waals surface area (Å²) in [6, 6.07) is 9.00. The fraction of sp³-hybridized carbons (Fsp3) is 0.400. The number of aromatic nitrogens is 1. The van der Waals surface area contributed by atoms with Crippen LogP contribution in [0.1, 0.15) is 23.0 Å². The summed E-state index contributed by atoms with van der Waals surface area (Å²) in [5, 5.41) is 6.86. The van der Waals surface area contributed by atoms with Crippen LogP contribution >= 0.6 is 11.6 Å². The number of methoxy groups -OCH3 is 1. The SMILES string of the molecule is CCNC(=NCCNC(=O)c1cccc(OC)c1)N(C)Cc1cc(Cl)cn1C.